The van der Waals surface area contributed by atoms with Crippen molar-refractivity contribution >= 4 is 23.5 Å². The Hall–Kier alpha value is -1.55. The van der Waals surface area contributed by atoms with E-state index in [2.05, 4.69) is 5.32 Å². The van der Waals surface area contributed by atoms with Crippen molar-refractivity contribution in [3.63, 3.8) is 0 Å². The van der Waals surface area contributed by atoms with E-state index >= 15 is 0 Å². The van der Waals surface area contributed by atoms with Gasteiger partial charge in [-0.05, 0) is 43.4 Å². The van der Waals surface area contributed by atoms with Crippen LogP contribution in [-0.2, 0) is 4.79 Å². The lowest BCUT2D eigenvalue weighted by molar-refractivity contribution is -0.137. The maximum Gasteiger partial charge on any atom is 0.303 e. The summed E-state index contributed by atoms with van der Waals surface area (Å²) < 4.78 is 0. The number of hydrogen-bond acceptors (Lipinski definition) is 2. The first-order valence-corrected chi connectivity index (χ1v) is 7.58. The number of hydrogen-bond donors (Lipinski definition) is 2. The van der Waals surface area contributed by atoms with Gasteiger partial charge in [-0.15, -0.1) is 0 Å². The van der Waals surface area contributed by atoms with E-state index in [0.29, 0.717) is 29.5 Å². The topological polar surface area (TPSA) is 66.4 Å². The average molecular weight is 312 g/mol. The molecule has 4 nitrogen and oxygen atoms in total. The zero-order valence-corrected chi connectivity index (χ0v) is 13.2. The molecule has 0 fully saturated rings. The number of aryl methyl sites for hydroxylation is 1. The third kappa shape index (κ3) is 6.17. The number of carbonyl (C=O) groups excluding carboxylic acids is 1. The number of rotatable bonds is 8. The predicted molar refractivity (Wildman–Crippen MR) is 83.8 cm³/mol. The lowest BCUT2D eigenvalue weighted by Crippen LogP contribution is -2.26. The van der Waals surface area contributed by atoms with Crippen LogP contribution in [0.3, 0.4) is 0 Å². The van der Waals surface area contributed by atoms with Crippen LogP contribution >= 0.6 is 11.6 Å². The molecule has 0 spiro atoms. The number of carboxylic acid groups (broad SMARTS) is 1. The van der Waals surface area contributed by atoms with Crippen LogP contribution in [0.2, 0.25) is 5.02 Å². The van der Waals surface area contributed by atoms with Crippen LogP contribution in [0, 0.1) is 12.8 Å². The SMILES string of the molecule is CCC(CCNC(=O)c1cc(Cl)ccc1C)CCC(=O)O. The molecule has 2 N–H and O–H groups in total. The second-order valence-electron chi connectivity index (χ2n) is 5.21. The Balaban J connectivity index is 2.45. The Kier molecular flexibility index (Phi) is 7.23. The minimum absolute atomic E-state index is 0.136. The Labute approximate surface area is 130 Å². The van der Waals surface area contributed by atoms with Gasteiger partial charge >= 0.3 is 5.97 Å². The molecule has 1 amide bonds. The van der Waals surface area contributed by atoms with E-state index in [4.69, 9.17) is 16.7 Å². The summed E-state index contributed by atoms with van der Waals surface area (Å²) in [5.41, 5.74) is 1.47. The molecule has 0 radical (unpaired) electrons. The van der Waals surface area contributed by atoms with Gasteiger partial charge in [0.1, 0.15) is 0 Å². The first-order valence-electron chi connectivity index (χ1n) is 7.20. The molecule has 0 saturated heterocycles. The van der Waals surface area contributed by atoms with Gasteiger partial charge in [-0.1, -0.05) is 31.0 Å². The van der Waals surface area contributed by atoms with Crippen molar-refractivity contribution < 1.29 is 14.7 Å². The number of halogens is 1. The van der Waals surface area contributed by atoms with Gasteiger partial charge in [0.05, 0.1) is 0 Å². The minimum atomic E-state index is -0.771. The molecule has 1 unspecified atom stereocenters. The van der Waals surface area contributed by atoms with E-state index < -0.39 is 5.97 Å². The van der Waals surface area contributed by atoms with E-state index in [1.54, 1.807) is 12.1 Å². The summed E-state index contributed by atoms with van der Waals surface area (Å²) in [6.07, 6.45) is 2.53. The Morgan fingerprint density at radius 1 is 1.33 bits per heavy atom. The normalized spacial score (nSPS) is 12.0. The maximum atomic E-state index is 12.1. The molecule has 116 valence electrons. The molecule has 0 saturated carbocycles. The minimum Gasteiger partial charge on any atom is -0.481 e. The highest BCUT2D eigenvalue weighted by Gasteiger charge is 2.12. The zero-order chi connectivity index (χ0) is 15.8. The fourth-order valence-electron chi connectivity index (χ4n) is 2.20. The lowest BCUT2D eigenvalue weighted by Gasteiger charge is -2.14. The molecule has 0 aliphatic carbocycles. The van der Waals surface area contributed by atoms with Crippen molar-refractivity contribution in [1.29, 1.82) is 0 Å². The molecule has 1 aromatic carbocycles. The molecule has 0 bridgehead atoms. The highest BCUT2D eigenvalue weighted by molar-refractivity contribution is 6.31. The van der Waals surface area contributed by atoms with Crippen LogP contribution in [-0.4, -0.2) is 23.5 Å². The van der Waals surface area contributed by atoms with E-state index in [9.17, 15) is 9.59 Å². The van der Waals surface area contributed by atoms with Crippen molar-refractivity contribution in [2.75, 3.05) is 6.54 Å². The maximum absolute atomic E-state index is 12.1. The monoisotopic (exact) mass is 311 g/mol. The third-order valence-electron chi connectivity index (χ3n) is 3.63. The summed E-state index contributed by atoms with van der Waals surface area (Å²) in [6, 6.07) is 5.24. The van der Waals surface area contributed by atoms with Gasteiger partial charge < -0.3 is 10.4 Å². The highest BCUT2D eigenvalue weighted by atomic mass is 35.5. The first-order chi connectivity index (χ1) is 9.93. The summed E-state index contributed by atoms with van der Waals surface area (Å²) in [7, 11) is 0. The number of aliphatic carboxylic acids is 1. The fourth-order valence-corrected chi connectivity index (χ4v) is 2.38. The van der Waals surface area contributed by atoms with Gasteiger partial charge in [0.2, 0.25) is 0 Å². The van der Waals surface area contributed by atoms with E-state index in [1.807, 2.05) is 19.9 Å². The number of benzene rings is 1. The largest absolute Gasteiger partial charge is 0.481 e. The predicted octanol–water partition coefficient (Wildman–Crippen LogP) is 3.66. The second-order valence-corrected chi connectivity index (χ2v) is 5.65. The summed E-state index contributed by atoms with van der Waals surface area (Å²) in [5.74, 6) is -0.586. The van der Waals surface area contributed by atoms with Gasteiger partial charge in [-0.3, -0.25) is 9.59 Å². The number of nitrogens with one attached hydrogen (secondary N) is 1. The van der Waals surface area contributed by atoms with Crippen molar-refractivity contribution in [2.24, 2.45) is 5.92 Å². The summed E-state index contributed by atoms with van der Waals surface area (Å²) in [6.45, 7) is 4.45. The van der Waals surface area contributed by atoms with Crippen LogP contribution in [0.5, 0.6) is 0 Å². The first kappa shape index (κ1) is 17.5. The van der Waals surface area contributed by atoms with Crippen LogP contribution in [0.4, 0.5) is 0 Å². The molecule has 1 aromatic rings. The van der Waals surface area contributed by atoms with Gasteiger partial charge in [0, 0.05) is 23.6 Å². The molecule has 21 heavy (non-hydrogen) atoms. The molecule has 0 aliphatic rings. The fraction of sp³-hybridized carbons (Fsp3) is 0.500. The number of carboxylic acids is 1. The van der Waals surface area contributed by atoms with Crippen LogP contribution in [0.1, 0.15) is 48.5 Å². The third-order valence-corrected chi connectivity index (χ3v) is 3.86. The molecule has 0 aromatic heterocycles. The number of carbonyl (C=O) groups is 2. The Bertz CT molecular complexity index is 502. The van der Waals surface area contributed by atoms with E-state index in [1.165, 1.54) is 0 Å². The molecule has 0 heterocycles. The van der Waals surface area contributed by atoms with E-state index in [0.717, 1.165) is 18.4 Å². The molecular weight excluding hydrogens is 290 g/mol. The Morgan fingerprint density at radius 3 is 2.67 bits per heavy atom. The average Bonchev–Trinajstić information content (AvgIpc) is 2.44. The summed E-state index contributed by atoms with van der Waals surface area (Å²) in [5, 5.41) is 12.1. The van der Waals surface area contributed by atoms with Gasteiger partial charge in [0.25, 0.3) is 5.91 Å². The van der Waals surface area contributed by atoms with Crippen LogP contribution in [0.15, 0.2) is 18.2 Å². The summed E-state index contributed by atoms with van der Waals surface area (Å²) in [4.78, 5) is 22.7. The quantitative estimate of drug-likeness (QED) is 0.770. The van der Waals surface area contributed by atoms with Gasteiger partial charge in [-0.25, -0.2) is 0 Å². The van der Waals surface area contributed by atoms with Gasteiger partial charge in [-0.2, -0.15) is 0 Å². The van der Waals surface area contributed by atoms with Crippen LogP contribution < -0.4 is 5.32 Å². The second kappa shape index (κ2) is 8.67. The molecule has 1 atom stereocenters. The zero-order valence-electron chi connectivity index (χ0n) is 12.5. The molecule has 0 aliphatic heterocycles. The van der Waals surface area contributed by atoms with Crippen molar-refractivity contribution in [3.05, 3.63) is 34.3 Å². The summed E-state index contributed by atoms with van der Waals surface area (Å²) >= 11 is 5.90. The smallest absolute Gasteiger partial charge is 0.303 e. The standard InChI is InChI=1S/C16H22ClNO3/c1-3-12(5-7-15(19)20)8-9-18-16(21)14-10-13(17)6-4-11(14)2/h4,6,10,12H,3,5,7-9H2,1-2H3,(H,18,21)(H,19,20). The lowest BCUT2D eigenvalue weighted by atomic mass is 9.96. The van der Waals surface area contributed by atoms with E-state index in [-0.39, 0.29) is 12.3 Å². The molecule has 1 rings (SSSR count). The highest BCUT2D eigenvalue weighted by Crippen LogP contribution is 2.17. The molecule has 5 heteroatoms. The van der Waals surface area contributed by atoms with Crippen LogP contribution in [0.25, 0.3) is 0 Å². The Morgan fingerprint density at radius 2 is 2.05 bits per heavy atom. The molecular formula is C16H22ClNO3. The van der Waals surface area contributed by atoms with Gasteiger partial charge in [0.15, 0.2) is 0 Å². The van der Waals surface area contributed by atoms with Crippen molar-refractivity contribution in [2.45, 2.75) is 39.5 Å². The van der Waals surface area contributed by atoms with Crippen molar-refractivity contribution in [1.82, 2.24) is 5.32 Å². The van der Waals surface area contributed by atoms with Crippen molar-refractivity contribution in [3.8, 4) is 0 Å². The number of amides is 1.